The molecule has 0 unspecified atom stereocenters. The predicted octanol–water partition coefficient (Wildman–Crippen LogP) is 1.60. The van der Waals surface area contributed by atoms with Gasteiger partial charge in [0, 0.05) is 19.9 Å². The van der Waals surface area contributed by atoms with Crippen molar-refractivity contribution in [2.75, 3.05) is 6.54 Å². The van der Waals surface area contributed by atoms with E-state index in [4.69, 9.17) is 0 Å². The van der Waals surface area contributed by atoms with Crippen LogP contribution in [-0.2, 0) is 14.4 Å². The van der Waals surface area contributed by atoms with E-state index in [0.29, 0.717) is 11.4 Å². The lowest BCUT2D eigenvalue weighted by Gasteiger charge is -2.35. The van der Waals surface area contributed by atoms with Crippen molar-refractivity contribution < 1.29 is 19.5 Å². The van der Waals surface area contributed by atoms with Crippen molar-refractivity contribution in [3.63, 3.8) is 0 Å². The lowest BCUT2D eigenvalue weighted by atomic mass is 9.85. The van der Waals surface area contributed by atoms with Crippen molar-refractivity contribution >= 4 is 29.1 Å². The van der Waals surface area contributed by atoms with Gasteiger partial charge in [-0.05, 0) is 19.3 Å². The van der Waals surface area contributed by atoms with Gasteiger partial charge >= 0.3 is 0 Å². The third kappa shape index (κ3) is 5.76. The van der Waals surface area contributed by atoms with Gasteiger partial charge in [0.2, 0.25) is 17.7 Å². The Labute approximate surface area is 203 Å². The first-order valence-corrected chi connectivity index (χ1v) is 12.0. The van der Waals surface area contributed by atoms with E-state index in [1.54, 1.807) is 24.8 Å². The SMILES string of the molecule is CC(=O)N[C@H](C(=O)N1C[C@H](O)C[C@H]1C(=O)N[C@H](C)c1cnc(-c2scnc2C)cn1)C(C)(C)C. The number of aliphatic hydroxyl groups excluding tert-OH is 1. The molecule has 34 heavy (non-hydrogen) atoms. The van der Waals surface area contributed by atoms with Crippen LogP contribution in [-0.4, -0.2) is 67.4 Å². The summed E-state index contributed by atoms with van der Waals surface area (Å²) in [4.78, 5) is 53.6. The Bertz CT molecular complexity index is 1050. The second-order valence-corrected chi connectivity index (χ2v) is 10.6. The molecule has 2 aromatic heterocycles. The Hall–Kier alpha value is -2.92. The van der Waals surface area contributed by atoms with E-state index in [1.807, 2.05) is 27.7 Å². The van der Waals surface area contributed by atoms with Gasteiger partial charge in [-0.3, -0.25) is 24.4 Å². The molecule has 3 amide bonds. The molecule has 1 saturated heterocycles. The molecule has 4 atom stereocenters. The number of carbonyl (C=O) groups is 3. The molecular weight excluding hydrogens is 456 g/mol. The monoisotopic (exact) mass is 488 g/mol. The van der Waals surface area contributed by atoms with Crippen LogP contribution in [0.1, 0.15) is 58.5 Å². The van der Waals surface area contributed by atoms with E-state index < -0.39 is 41.5 Å². The number of thiazole rings is 1. The summed E-state index contributed by atoms with van der Waals surface area (Å²) in [6.45, 7) is 10.6. The number of nitrogens with zero attached hydrogens (tertiary/aromatic N) is 4. The average Bonchev–Trinajstić information content (AvgIpc) is 3.36. The fourth-order valence-corrected chi connectivity index (χ4v) is 4.70. The van der Waals surface area contributed by atoms with Crippen molar-refractivity contribution in [2.45, 2.75) is 72.2 Å². The molecule has 3 N–H and O–H groups in total. The molecule has 0 spiro atoms. The Kier molecular flexibility index (Phi) is 7.67. The molecule has 1 fully saturated rings. The molecule has 3 heterocycles. The summed E-state index contributed by atoms with van der Waals surface area (Å²) < 4.78 is 0. The maximum Gasteiger partial charge on any atom is 0.246 e. The van der Waals surface area contributed by atoms with Gasteiger partial charge in [0.25, 0.3) is 0 Å². The number of aromatic nitrogens is 3. The fourth-order valence-electron chi connectivity index (χ4n) is 3.93. The van der Waals surface area contributed by atoms with E-state index in [1.165, 1.54) is 23.2 Å². The van der Waals surface area contributed by atoms with Gasteiger partial charge in [-0.1, -0.05) is 20.8 Å². The first-order valence-electron chi connectivity index (χ1n) is 11.2. The van der Waals surface area contributed by atoms with Crippen LogP contribution in [0.25, 0.3) is 10.6 Å². The zero-order valence-corrected chi connectivity index (χ0v) is 21.1. The van der Waals surface area contributed by atoms with Gasteiger partial charge in [-0.15, -0.1) is 11.3 Å². The van der Waals surface area contributed by atoms with E-state index in [0.717, 1.165) is 10.6 Å². The highest BCUT2D eigenvalue weighted by molar-refractivity contribution is 7.13. The maximum atomic E-state index is 13.3. The van der Waals surface area contributed by atoms with Gasteiger partial charge in [-0.25, -0.2) is 4.98 Å². The highest BCUT2D eigenvalue weighted by atomic mass is 32.1. The lowest BCUT2D eigenvalue weighted by Crippen LogP contribution is -2.57. The van der Waals surface area contributed by atoms with E-state index in [9.17, 15) is 19.5 Å². The highest BCUT2D eigenvalue weighted by Gasteiger charge is 2.44. The molecule has 1 aliphatic rings. The first-order chi connectivity index (χ1) is 15.9. The zero-order chi connectivity index (χ0) is 25.2. The van der Waals surface area contributed by atoms with Gasteiger partial charge in [0.1, 0.15) is 17.8 Å². The Morgan fingerprint density at radius 2 is 1.88 bits per heavy atom. The van der Waals surface area contributed by atoms with Crippen molar-refractivity contribution in [2.24, 2.45) is 5.41 Å². The molecule has 0 aromatic carbocycles. The molecule has 3 rings (SSSR count). The van der Waals surface area contributed by atoms with E-state index >= 15 is 0 Å². The van der Waals surface area contributed by atoms with Crippen LogP contribution >= 0.6 is 11.3 Å². The smallest absolute Gasteiger partial charge is 0.246 e. The molecule has 2 aromatic rings. The number of hydrogen-bond donors (Lipinski definition) is 3. The molecule has 0 aliphatic carbocycles. The summed E-state index contributed by atoms with van der Waals surface area (Å²) in [5.41, 5.74) is 3.34. The third-order valence-corrected chi connectivity index (χ3v) is 6.73. The molecule has 11 heteroatoms. The summed E-state index contributed by atoms with van der Waals surface area (Å²) in [7, 11) is 0. The quantitative estimate of drug-likeness (QED) is 0.561. The molecule has 184 valence electrons. The standard InChI is InChI=1S/C23H32N6O4S/c1-12(16-8-25-17(9-24-16)19-13(2)26-11-34-19)27-21(32)18-7-15(31)10-29(18)22(33)20(23(4,5)6)28-14(3)30/h8-9,11-12,15,18,20,31H,7,10H2,1-6H3,(H,27,32)(H,28,30)/t12-,15-,18+,20-/m1/s1. The van der Waals surface area contributed by atoms with Gasteiger partial charge in [0.05, 0.1) is 46.3 Å². The number of β-amino-alcohol motifs (C(OH)–C–C–N with tert-alkyl or cyclic N) is 1. The highest BCUT2D eigenvalue weighted by Crippen LogP contribution is 2.27. The predicted molar refractivity (Wildman–Crippen MR) is 128 cm³/mol. The average molecular weight is 489 g/mol. The van der Waals surface area contributed by atoms with Crippen LogP contribution in [0, 0.1) is 12.3 Å². The van der Waals surface area contributed by atoms with Crippen molar-refractivity contribution in [1.29, 1.82) is 0 Å². The minimum absolute atomic E-state index is 0.0279. The zero-order valence-electron chi connectivity index (χ0n) is 20.3. The number of hydrogen-bond acceptors (Lipinski definition) is 8. The second-order valence-electron chi connectivity index (χ2n) is 9.72. The molecule has 0 bridgehead atoms. The Morgan fingerprint density at radius 1 is 1.18 bits per heavy atom. The normalized spacial score (nSPS) is 20.0. The topological polar surface area (TPSA) is 137 Å². The molecular formula is C23H32N6O4S. The summed E-state index contributed by atoms with van der Waals surface area (Å²) >= 11 is 1.48. The lowest BCUT2D eigenvalue weighted by molar-refractivity contribution is -0.144. The molecule has 0 saturated carbocycles. The number of likely N-dealkylation sites (tertiary alicyclic amines) is 1. The van der Waals surface area contributed by atoms with Crippen molar-refractivity contribution in [3.8, 4) is 10.6 Å². The third-order valence-electron chi connectivity index (χ3n) is 5.78. The Morgan fingerprint density at radius 3 is 2.41 bits per heavy atom. The second kappa shape index (κ2) is 10.1. The van der Waals surface area contributed by atoms with E-state index in [-0.39, 0.29) is 18.9 Å². The van der Waals surface area contributed by atoms with E-state index in [2.05, 4.69) is 25.6 Å². The Balaban J connectivity index is 1.72. The van der Waals surface area contributed by atoms with Crippen LogP contribution in [0.3, 0.4) is 0 Å². The molecule has 10 nitrogen and oxygen atoms in total. The number of aliphatic hydroxyl groups is 1. The summed E-state index contributed by atoms with van der Waals surface area (Å²) in [6.07, 6.45) is 2.55. The molecule has 1 aliphatic heterocycles. The minimum Gasteiger partial charge on any atom is -0.391 e. The first kappa shape index (κ1) is 25.7. The van der Waals surface area contributed by atoms with Gasteiger partial charge in [-0.2, -0.15) is 0 Å². The molecule has 0 radical (unpaired) electrons. The summed E-state index contributed by atoms with van der Waals surface area (Å²) in [5.74, 6) is -1.12. The van der Waals surface area contributed by atoms with Gasteiger partial charge in [0.15, 0.2) is 0 Å². The fraction of sp³-hybridized carbons (Fsp3) is 0.565. The van der Waals surface area contributed by atoms with Crippen LogP contribution in [0.5, 0.6) is 0 Å². The number of aryl methyl sites for hydroxylation is 1. The van der Waals surface area contributed by atoms with Crippen molar-refractivity contribution in [1.82, 2.24) is 30.5 Å². The largest absolute Gasteiger partial charge is 0.391 e. The van der Waals surface area contributed by atoms with Crippen LogP contribution in [0.15, 0.2) is 17.9 Å². The number of carbonyl (C=O) groups excluding carboxylic acids is 3. The van der Waals surface area contributed by atoms with Crippen LogP contribution in [0.4, 0.5) is 0 Å². The summed E-state index contributed by atoms with van der Waals surface area (Å²) in [5, 5.41) is 15.8. The van der Waals surface area contributed by atoms with Crippen LogP contribution in [0.2, 0.25) is 0 Å². The number of amides is 3. The number of nitrogens with one attached hydrogen (secondary N) is 2. The number of rotatable bonds is 6. The van der Waals surface area contributed by atoms with Gasteiger partial charge < -0.3 is 20.6 Å². The maximum absolute atomic E-state index is 13.3. The summed E-state index contributed by atoms with van der Waals surface area (Å²) in [6, 6.07) is -2.13. The van der Waals surface area contributed by atoms with Crippen LogP contribution < -0.4 is 10.6 Å². The van der Waals surface area contributed by atoms with Crippen molar-refractivity contribution in [3.05, 3.63) is 29.3 Å². The minimum atomic E-state index is -0.851.